The normalized spacial score (nSPS) is 14.3. The summed E-state index contributed by atoms with van der Waals surface area (Å²) in [6, 6.07) is 19.7. The molecule has 1 aliphatic heterocycles. The third-order valence-corrected chi connectivity index (χ3v) is 5.71. The van der Waals surface area contributed by atoms with Gasteiger partial charge in [0.15, 0.2) is 5.65 Å². The quantitative estimate of drug-likeness (QED) is 0.505. The van der Waals surface area contributed by atoms with Crippen LogP contribution in [0.2, 0.25) is 5.02 Å². The van der Waals surface area contributed by atoms with Gasteiger partial charge in [-0.2, -0.15) is 5.10 Å². The van der Waals surface area contributed by atoms with Gasteiger partial charge in [-0.25, -0.2) is 9.50 Å². The smallest absolute Gasteiger partial charge is 0.259 e. The number of halogens is 1. The molecule has 2 aromatic carbocycles. The predicted octanol–water partition coefficient (Wildman–Crippen LogP) is 4.01. The Morgan fingerprint density at radius 3 is 2.37 bits per heavy atom. The maximum Gasteiger partial charge on any atom is 0.259 e. The molecule has 6 nitrogen and oxygen atoms in total. The minimum absolute atomic E-state index is 0.0292. The van der Waals surface area contributed by atoms with E-state index in [1.54, 1.807) is 16.9 Å². The third kappa shape index (κ3) is 3.39. The van der Waals surface area contributed by atoms with Gasteiger partial charge in [0.1, 0.15) is 5.56 Å². The molecular formula is C23H20ClN5O. The number of amides is 1. The molecule has 1 amide bonds. The molecule has 0 atom stereocenters. The van der Waals surface area contributed by atoms with E-state index in [4.69, 9.17) is 11.6 Å². The maximum atomic E-state index is 13.2. The molecule has 4 aromatic rings. The molecule has 150 valence electrons. The number of fused-ring (bicyclic) bond motifs is 1. The number of aromatic nitrogens is 3. The number of anilines is 1. The molecule has 0 spiro atoms. The van der Waals surface area contributed by atoms with Crippen LogP contribution < -0.4 is 4.90 Å². The van der Waals surface area contributed by atoms with Crippen molar-refractivity contribution in [2.24, 2.45) is 0 Å². The highest BCUT2D eigenvalue weighted by atomic mass is 35.5. The molecule has 3 heterocycles. The highest BCUT2D eigenvalue weighted by Crippen LogP contribution is 2.24. The number of benzene rings is 2. The molecule has 1 saturated heterocycles. The van der Waals surface area contributed by atoms with Gasteiger partial charge in [0.05, 0.1) is 11.9 Å². The third-order valence-electron chi connectivity index (χ3n) is 5.46. The standard InChI is InChI=1S/C23H20ClN5O/c24-18-8-6-17(7-9-18)21-10-11-25-22-20(16-26-29(21)22)23(30)28-14-12-27(13-15-28)19-4-2-1-3-5-19/h1-11,16H,12-15H2. The lowest BCUT2D eigenvalue weighted by atomic mass is 10.1. The highest BCUT2D eigenvalue weighted by molar-refractivity contribution is 6.30. The first-order valence-corrected chi connectivity index (χ1v) is 10.3. The lowest BCUT2D eigenvalue weighted by molar-refractivity contribution is 0.0748. The van der Waals surface area contributed by atoms with Gasteiger partial charge >= 0.3 is 0 Å². The van der Waals surface area contributed by atoms with E-state index >= 15 is 0 Å². The summed E-state index contributed by atoms with van der Waals surface area (Å²) in [5.74, 6) is -0.0292. The summed E-state index contributed by atoms with van der Waals surface area (Å²) in [6.45, 7) is 2.95. The average Bonchev–Trinajstić information content (AvgIpc) is 3.24. The number of hydrogen-bond acceptors (Lipinski definition) is 4. The minimum atomic E-state index is -0.0292. The molecular weight excluding hydrogens is 398 g/mol. The van der Waals surface area contributed by atoms with Crippen LogP contribution in [0.4, 0.5) is 5.69 Å². The zero-order chi connectivity index (χ0) is 20.5. The molecule has 5 rings (SSSR count). The lowest BCUT2D eigenvalue weighted by Gasteiger charge is -2.36. The van der Waals surface area contributed by atoms with E-state index in [1.165, 1.54) is 5.69 Å². The van der Waals surface area contributed by atoms with Gasteiger partial charge in [-0.3, -0.25) is 4.79 Å². The molecule has 0 radical (unpaired) electrons. The second-order valence-electron chi connectivity index (χ2n) is 7.25. The van der Waals surface area contributed by atoms with Gasteiger partial charge < -0.3 is 9.80 Å². The van der Waals surface area contributed by atoms with Gasteiger partial charge in [-0.05, 0) is 30.3 Å². The van der Waals surface area contributed by atoms with Crippen LogP contribution in [0.5, 0.6) is 0 Å². The molecule has 30 heavy (non-hydrogen) atoms. The summed E-state index contributed by atoms with van der Waals surface area (Å²) in [5.41, 5.74) is 4.11. The average molecular weight is 418 g/mol. The van der Waals surface area contributed by atoms with Crippen LogP contribution in [0.3, 0.4) is 0 Å². The zero-order valence-corrected chi connectivity index (χ0v) is 17.0. The molecule has 0 N–H and O–H groups in total. The number of carbonyl (C=O) groups is 1. The van der Waals surface area contributed by atoms with Gasteiger partial charge in [0, 0.05) is 48.6 Å². The number of rotatable bonds is 3. The fourth-order valence-electron chi connectivity index (χ4n) is 3.86. The predicted molar refractivity (Wildman–Crippen MR) is 118 cm³/mol. The van der Waals surface area contributed by atoms with E-state index in [-0.39, 0.29) is 5.91 Å². The van der Waals surface area contributed by atoms with Crippen molar-refractivity contribution in [3.05, 3.63) is 83.6 Å². The Morgan fingerprint density at radius 2 is 1.63 bits per heavy atom. The van der Waals surface area contributed by atoms with E-state index in [0.717, 1.165) is 24.3 Å². The first-order chi connectivity index (χ1) is 14.7. The topological polar surface area (TPSA) is 53.7 Å². The van der Waals surface area contributed by atoms with Crippen molar-refractivity contribution >= 4 is 28.8 Å². The Balaban J connectivity index is 1.38. The van der Waals surface area contributed by atoms with E-state index in [9.17, 15) is 4.79 Å². The Labute approximate surface area is 179 Å². The molecule has 7 heteroatoms. The van der Waals surface area contributed by atoms with E-state index in [1.807, 2.05) is 53.4 Å². The number of piperazine rings is 1. The van der Waals surface area contributed by atoms with Crippen LogP contribution >= 0.6 is 11.6 Å². The van der Waals surface area contributed by atoms with Crippen molar-refractivity contribution in [3.8, 4) is 11.3 Å². The van der Waals surface area contributed by atoms with E-state index in [0.29, 0.717) is 29.3 Å². The largest absolute Gasteiger partial charge is 0.368 e. The van der Waals surface area contributed by atoms with Crippen molar-refractivity contribution in [1.29, 1.82) is 0 Å². The summed E-state index contributed by atoms with van der Waals surface area (Å²) in [6.07, 6.45) is 3.33. The number of carbonyl (C=O) groups excluding carboxylic acids is 1. The maximum absolute atomic E-state index is 13.2. The van der Waals surface area contributed by atoms with Gasteiger partial charge in [0.25, 0.3) is 5.91 Å². The SMILES string of the molecule is O=C(c1cnn2c(-c3ccc(Cl)cc3)ccnc12)N1CCN(c2ccccc2)CC1. The van der Waals surface area contributed by atoms with Crippen molar-refractivity contribution in [2.45, 2.75) is 0 Å². The molecule has 0 bridgehead atoms. The van der Waals surface area contributed by atoms with Crippen LogP contribution in [0.15, 0.2) is 73.1 Å². The molecule has 1 fully saturated rings. The van der Waals surface area contributed by atoms with Crippen molar-refractivity contribution in [1.82, 2.24) is 19.5 Å². The Hall–Kier alpha value is -3.38. The monoisotopic (exact) mass is 417 g/mol. The highest BCUT2D eigenvalue weighted by Gasteiger charge is 2.25. The van der Waals surface area contributed by atoms with Gasteiger partial charge in [-0.1, -0.05) is 41.9 Å². The van der Waals surface area contributed by atoms with Gasteiger partial charge in [-0.15, -0.1) is 0 Å². The van der Waals surface area contributed by atoms with E-state index in [2.05, 4.69) is 27.1 Å². The molecule has 2 aromatic heterocycles. The fourth-order valence-corrected chi connectivity index (χ4v) is 3.98. The summed E-state index contributed by atoms with van der Waals surface area (Å²) < 4.78 is 1.72. The Kier molecular flexibility index (Phi) is 4.85. The van der Waals surface area contributed by atoms with Crippen LogP contribution in [0, 0.1) is 0 Å². The lowest BCUT2D eigenvalue weighted by Crippen LogP contribution is -2.48. The van der Waals surface area contributed by atoms with Crippen LogP contribution in [0.1, 0.15) is 10.4 Å². The summed E-state index contributed by atoms with van der Waals surface area (Å²) in [7, 11) is 0. The first kappa shape index (κ1) is 18.6. The number of nitrogens with zero attached hydrogens (tertiary/aromatic N) is 5. The Bertz CT molecular complexity index is 1180. The molecule has 0 saturated carbocycles. The van der Waals surface area contributed by atoms with E-state index < -0.39 is 0 Å². The van der Waals surface area contributed by atoms with Gasteiger partial charge in [0.2, 0.25) is 0 Å². The second-order valence-corrected chi connectivity index (χ2v) is 7.68. The number of para-hydroxylation sites is 1. The minimum Gasteiger partial charge on any atom is -0.368 e. The second kappa shape index (κ2) is 7.80. The van der Waals surface area contributed by atoms with Crippen molar-refractivity contribution < 1.29 is 4.79 Å². The van der Waals surface area contributed by atoms with Crippen molar-refractivity contribution in [2.75, 3.05) is 31.1 Å². The summed E-state index contributed by atoms with van der Waals surface area (Å²) >= 11 is 6.01. The van der Waals surface area contributed by atoms with Crippen molar-refractivity contribution in [3.63, 3.8) is 0 Å². The number of hydrogen-bond donors (Lipinski definition) is 0. The summed E-state index contributed by atoms with van der Waals surface area (Å²) in [4.78, 5) is 21.8. The van der Waals surface area contributed by atoms with Crippen LogP contribution in [-0.2, 0) is 0 Å². The zero-order valence-electron chi connectivity index (χ0n) is 16.3. The fraction of sp³-hybridized carbons (Fsp3) is 0.174. The summed E-state index contributed by atoms with van der Waals surface area (Å²) in [5, 5.41) is 5.14. The Morgan fingerprint density at radius 1 is 0.900 bits per heavy atom. The molecule has 1 aliphatic rings. The van der Waals surface area contributed by atoms with Crippen LogP contribution in [-0.4, -0.2) is 51.6 Å². The first-order valence-electron chi connectivity index (χ1n) is 9.89. The molecule has 0 aliphatic carbocycles. The van der Waals surface area contributed by atoms with Crippen LogP contribution in [0.25, 0.3) is 16.9 Å². The molecule has 0 unspecified atom stereocenters.